The van der Waals surface area contributed by atoms with Gasteiger partial charge in [0.1, 0.15) is 3.70 Å². The zero-order valence-corrected chi connectivity index (χ0v) is 10.7. The number of aromatic nitrogens is 1. The van der Waals surface area contributed by atoms with E-state index in [0.29, 0.717) is 20.2 Å². The lowest BCUT2D eigenvalue weighted by atomic mass is 10.1. The van der Waals surface area contributed by atoms with Crippen LogP contribution in [0.4, 0.5) is 8.78 Å². The van der Waals surface area contributed by atoms with Crippen molar-refractivity contribution in [3.05, 3.63) is 26.6 Å². The molecule has 0 amide bonds. The maximum absolute atomic E-state index is 12.5. The maximum atomic E-state index is 12.5. The number of halogens is 4. The molecule has 0 radical (unpaired) electrons. The molecule has 2 nitrogen and oxygen atoms in total. The van der Waals surface area contributed by atoms with Crippen LogP contribution in [0.25, 0.3) is 0 Å². The Bertz CT molecular complexity index is 335. The van der Waals surface area contributed by atoms with Gasteiger partial charge in [-0.15, -0.1) is 0 Å². The number of hydrogen-bond acceptors (Lipinski definition) is 2. The Labute approximate surface area is 102 Å². The van der Waals surface area contributed by atoms with Gasteiger partial charge in [0.05, 0.1) is 6.61 Å². The SMILES string of the molecule is OCc1c(I)ncc(C(F)F)c1CBr. The molecular formula is C8H7BrF2INO. The summed E-state index contributed by atoms with van der Waals surface area (Å²) in [6.45, 7) is -0.271. The van der Waals surface area contributed by atoms with E-state index >= 15 is 0 Å². The van der Waals surface area contributed by atoms with E-state index in [0.717, 1.165) is 6.20 Å². The van der Waals surface area contributed by atoms with Crippen molar-refractivity contribution in [2.45, 2.75) is 18.4 Å². The molecule has 0 spiro atoms. The third-order valence-corrected chi connectivity index (χ3v) is 3.30. The Morgan fingerprint density at radius 1 is 1.50 bits per heavy atom. The first-order chi connectivity index (χ1) is 6.61. The summed E-state index contributed by atoms with van der Waals surface area (Å²) in [5.41, 5.74) is 0.786. The topological polar surface area (TPSA) is 33.1 Å². The molecule has 14 heavy (non-hydrogen) atoms. The quantitative estimate of drug-likeness (QED) is 0.499. The van der Waals surface area contributed by atoms with E-state index in [1.165, 1.54) is 0 Å². The summed E-state index contributed by atoms with van der Waals surface area (Å²) in [6.07, 6.45) is -1.40. The second kappa shape index (κ2) is 5.32. The van der Waals surface area contributed by atoms with Crippen LogP contribution in [-0.2, 0) is 11.9 Å². The minimum Gasteiger partial charge on any atom is -0.392 e. The Morgan fingerprint density at radius 3 is 2.57 bits per heavy atom. The Balaban J connectivity index is 3.33. The maximum Gasteiger partial charge on any atom is 0.265 e. The summed E-state index contributed by atoms with van der Waals surface area (Å²) in [5, 5.41) is 9.32. The van der Waals surface area contributed by atoms with Gasteiger partial charge in [-0.05, 0) is 28.2 Å². The highest BCUT2D eigenvalue weighted by Crippen LogP contribution is 2.28. The van der Waals surface area contributed by atoms with E-state index < -0.39 is 6.43 Å². The Kier molecular flexibility index (Phi) is 4.65. The fourth-order valence-corrected chi connectivity index (χ4v) is 2.38. The van der Waals surface area contributed by atoms with Crippen LogP contribution in [0.15, 0.2) is 6.20 Å². The van der Waals surface area contributed by atoms with Gasteiger partial charge in [-0.1, -0.05) is 15.9 Å². The number of nitrogens with zero attached hydrogens (tertiary/aromatic N) is 1. The smallest absolute Gasteiger partial charge is 0.265 e. The monoisotopic (exact) mass is 377 g/mol. The molecule has 78 valence electrons. The Morgan fingerprint density at radius 2 is 2.14 bits per heavy atom. The average Bonchev–Trinajstić information content (AvgIpc) is 2.16. The van der Waals surface area contributed by atoms with Gasteiger partial charge in [0.2, 0.25) is 0 Å². The molecule has 6 heteroatoms. The van der Waals surface area contributed by atoms with E-state index in [9.17, 15) is 8.78 Å². The molecular weight excluding hydrogens is 371 g/mol. The van der Waals surface area contributed by atoms with Gasteiger partial charge in [-0.25, -0.2) is 13.8 Å². The molecule has 0 atom stereocenters. The van der Waals surface area contributed by atoms with Crippen molar-refractivity contribution < 1.29 is 13.9 Å². The molecule has 0 aliphatic heterocycles. The van der Waals surface area contributed by atoms with Crippen molar-refractivity contribution >= 4 is 38.5 Å². The first-order valence-corrected chi connectivity index (χ1v) is 5.93. The van der Waals surface area contributed by atoms with Gasteiger partial charge in [0.25, 0.3) is 6.43 Å². The summed E-state index contributed by atoms with van der Waals surface area (Å²) in [4.78, 5) is 3.81. The molecule has 0 saturated carbocycles. The summed E-state index contributed by atoms with van der Waals surface area (Å²) in [7, 11) is 0. The second-order valence-electron chi connectivity index (χ2n) is 2.55. The lowest BCUT2D eigenvalue weighted by molar-refractivity contribution is 0.149. The highest BCUT2D eigenvalue weighted by atomic mass is 127. The summed E-state index contributed by atoms with van der Waals surface area (Å²) < 4.78 is 25.6. The van der Waals surface area contributed by atoms with Crippen molar-refractivity contribution in [1.82, 2.24) is 4.98 Å². The molecule has 0 aliphatic carbocycles. The number of aliphatic hydroxyl groups is 1. The fraction of sp³-hybridized carbons (Fsp3) is 0.375. The van der Waals surface area contributed by atoms with E-state index in [2.05, 4.69) is 20.9 Å². The lowest BCUT2D eigenvalue weighted by Crippen LogP contribution is -2.03. The number of alkyl halides is 3. The second-order valence-corrected chi connectivity index (χ2v) is 4.14. The summed E-state index contributed by atoms with van der Waals surface area (Å²) in [6, 6.07) is 0. The molecule has 0 fully saturated rings. The zero-order chi connectivity index (χ0) is 10.7. The van der Waals surface area contributed by atoms with Crippen molar-refractivity contribution in [3.63, 3.8) is 0 Å². The minimum absolute atomic E-state index is 0.119. The van der Waals surface area contributed by atoms with Crippen LogP contribution in [0.3, 0.4) is 0 Å². The third-order valence-electron chi connectivity index (χ3n) is 1.81. The number of hydrogen-bond donors (Lipinski definition) is 1. The van der Waals surface area contributed by atoms with Crippen LogP contribution in [-0.4, -0.2) is 10.1 Å². The van der Waals surface area contributed by atoms with Crippen molar-refractivity contribution in [2.75, 3.05) is 0 Å². The van der Waals surface area contributed by atoms with Gasteiger partial charge in [-0.3, -0.25) is 0 Å². The van der Waals surface area contributed by atoms with E-state index in [-0.39, 0.29) is 12.2 Å². The highest BCUT2D eigenvalue weighted by Gasteiger charge is 2.17. The van der Waals surface area contributed by atoms with Crippen LogP contribution in [0.1, 0.15) is 23.1 Å². The molecule has 1 aromatic heterocycles. The van der Waals surface area contributed by atoms with Gasteiger partial charge >= 0.3 is 0 Å². The van der Waals surface area contributed by atoms with Crippen molar-refractivity contribution in [2.24, 2.45) is 0 Å². The van der Waals surface area contributed by atoms with Gasteiger partial charge < -0.3 is 5.11 Å². The minimum atomic E-state index is -2.56. The van der Waals surface area contributed by atoms with Crippen LogP contribution < -0.4 is 0 Å². The average molecular weight is 378 g/mol. The largest absolute Gasteiger partial charge is 0.392 e. The number of aliphatic hydroxyl groups excluding tert-OH is 1. The van der Waals surface area contributed by atoms with Gasteiger partial charge in [0, 0.05) is 22.7 Å². The van der Waals surface area contributed by atoms with E-state index in [1.54, 1.807) is 0 Å². The van der Waals surface area contributed by atoms with Crippen molar-refractivity contribution in [3.8, 4) is 0 Å². The summed E-state index contributed by atoms with van der Waals surface area (Å²) in [5.74, 6) is 0. The highest BCUT2D eigenvalue weighted by molar-refractivity contribution is 14.1. The first-order valence-electron chi connectivity index (χ1n) is 3.73. The standard InChI is InChI=1S/C8H7BrF2INO/c9-1-4-5(7(10)11)2-13-8(12)6(4)3-14/h2,7,14H,1,3H2. The lowest BCUT2D eigenvalue weighted by Gasteiger charge is -2.11. The molecule has 0 aromatic carbocycles. The van der Waals surface area contributed by atoms with Gasteiger partial charge in [-0.2, -0.15) is 0 Å². The molecule has 0 bridgehead atoms. The normalized spacial score (nSPS) is 11.0. The van der Waals surface area contributed by atoms with Crippen molar-refractivity contribution in [1.29, 1.82) is 0 Å². The molecule has 0 saturated heterocycles. The summed E-state index contributed by atoms with van der Waals surface area (Å²) >= 11 is 5.04. The molecule has 1 heterocycles. The van der Waals surface area contributed by atoms with Crippen LogP contribution in [0.5, 0.6) is 0 Å². The molecule has 1 rings (SSSR count). The molecule has 0 unspecified atom stereocenters. The molecule has 1 N–H and O–H groups in total. The number of pyridine rings is 1. The zero-order valence-electron chi connectivity index (χ0n) is 6.98. The van der Waals surface area contributed by atoms with E-state index in [1.807, 2.05) is 22.6 Å². The van der Waals surface area contributed by atoms with E-state index in [4.69, 9.17) is 5.11 Å². The first kappa shape index (κ1) is 12.3. The van der Waals surface area contributed by atoms with Crippen LogP contribution >= 0.6 is 38.5 Å². The fourth-order valence-electron chi connectivity index (χ4n) is 1.09. The van der Waals surface area contributed by atoms with Gasteiger partial charge in [0.15, 0.2) is 0 Å². The molecule has 1 aromatic rings. The van der Waals surface area contributed by atoms with Crippen LogP contribution in [0.2, 0.25) is 0 Å². The predicted octanol–water partition coefficient (Wildman–Crippen LogP) is 3.01. The predicted molar refractivity (Wildman–Crippen MR) is 60.5 cm³/mol. The number of rotatable bonds is 3. The van der Waals surface area contributed by atoms with Crippen LogP contribution in [0, 0.1) is 3.70 Å². The molecule has 0 aliphatic rings. The Hall–Kier alpha value is 0.180. The third kappa shape index (κ3) is 2.40.